The molecule has 0 amide bonds. The van der Waals surface area contributed by atoms with Gasteiger partial charge in [-0.15, -0.1) is 0 Å². The summed E-state index contributed by atoms with van der Waals surface area (Å²) in [5.74, 6) is 0. The monoisotopic (exact) mass is 223 g/mol. The van der Waals surface area contributed by atoms with Crippen LogP contribution in [0, 0.1) is 11.3 Å². The number of nitrogens with one attached hydrogen (secondary N) is 1. The van der Waals surface area contributed by atoms with Crippen LogP contribution in [0.5, 0.6) is 0 Å². The van der Waals surface area contributed by atoms with Gasteiger partial charge in [0.2, 0.25) is 0 Å². The van der Waals surface area contributed by atoms with E-state index in [4.69, 9.17) is 11.0 Å². The Kier molecular flexibility index (Phi) is 3.27. The maximum atomic E-state index is 8.58. The number of anilines is 3. The third kappa shape index (κ3) is 2.76. The molecule has 17 heavy (non-hydrogen) atoms. The Morgan fingerprint density at radius 3 is 2.41 bits per heavy atom. The van der Waals surface area contributed by atoms with E-state index in [1.54, 1.807) is 0 Å². The van der Waals surface area contributed by atoms with Crippen LogP contribution in [-0.2, 0) is 6.42 Å². The second kappa shape index (κ2) is 5.04. The van der Waals surface area contributed by atoms with Gasteiger partial charge in [0.1, 0.15) is 0 Å². The molecule has 84 valence electrons. The number of rotatable bonds is 3. The second-order valence-electron chi connectivity index (χ2n) is 3.74. The van der Waals surface area contributed by atoms with Crippen molar-refractivity contribution in [3.8, 4) is 6.07 Å². The lowest BCUT2D eigenvalue weighted by molar-refractivity contribution is 1.26. The Morgan fingerprint density at radius 2 is 1.76 bits per heavy atom. The molecule has 3 nitrogen and oxygen atoms in total. The van der Waals surface area contributed by atoms with Crippen molar-refractivity contribution in [3.05, 3.63) is 54.1 Å². The normalized spacial score (nSPS) is 9.59. The summed E-state index contributed by atoms with van der Waals surface area (Å²) >= 11 is 0. The lowest BCUT2D eigenvalue weighted by atomic mass is 10.1. The van der Waals surface area contributed by atoms with Gasteiger partial charge in [0, 0.05) is 5.69 Å². The largest absolute Gasteiger partial charge is 0.397 e. The summed E-state index contributed by atoms with van der Waals surface area (Å²) in [4.78, 5) is 0. The van der Waals surface area contributed by atoms with Crippen LogP contribution in [0.1, 0.15) is 5.56 Å². The molecule has 0 radical (unpaired) electrons. The fourth-order valence-electron chi connectivity index (χ4n) is 1.56. The molecule has 0 saturated carbocycles. The minimum Gasteiger partial charge on any atom is -0.397 e. The fourth-order valence-corrected chi connectivity index (χ4v) is 1.56. The number of benzene rings is 2. The molecule has 0 unspecified atom stereocenters. The molecule has 2 aromatic rings. The van der Waals surface area contributed by atoms with Crippen LogP contribution in [0.15, 0.2) is 48.5 Å². The zero-order valence-corrected chi connectivity index (χ0v) is 9.35. The van der Waals surface area contributed by atoms with Gasteiger partial charge in [0.05, 0.1) is 23.9 Å². The Hall–Kier alpha value is -2.47. The number of nitrogens with two attached hydrogens (primary N) is 1. The smallest absolute Gasteiger partial charge is 0.0669 e. The molecule has 0 bridgehead atoms. The van der Waals surface area contributed by atoms with E-state index in [0.29, 0.717) is 12.1 Å². The highest BCUT2D eigenvalue weighted by molar-refractivity contribution is 5.72. The van der Waals surface area contributed by atoms with E-state index >= 15 is 0 Å². The standard InChI is InChI=1S/C14H13N3/c15-10-9-11-5-7-12(8-6-11)17-14-4-2-1-3-13(14)16/h1-8,17H,9,16H2. The third-order valence-corrected chi connectivity index (χ3v) is 2.48. The van der Waals surface area contributed by atoms with Gasteiger partial charge in [0.25, 0.3) is 0 Å². The van der Waals surface area contributed by atoms with Crippen LogP contribution in [-0.4, -0.2) is 0 Å². The Labute approximate surface area is 101 Å². The van der Waals surface area contributed by atoms with Crippen molar-refractivity contribution >= 4 is 17.1 Å². The molecule has 0 aromatic heterocycles. The fraction of sp³-hybridized carbons (Fsp3) is 0.0714. The predicted molar refractivity (Wildman–Crippen MR) is 69.9 cm³/mol. The van der Waals surface area contributed by atoms with Gasteiger partial charge >= 0.3 is 0 Å². The minimum atomic E-state index is 0.438. The molecular formula is C14H13N3. The Balaban J connectivity index is 2.15. The molecule has 0 saturated heterocycles. The van der Waals surface area contributed by atoms with E-state index in [-0.39, 0.29) is 0 Å². The molecule has 0 heterocycles. The average Bonchev–Trinajstić information content (AvgIpc) is 2.35. The maximum Gasteiger partial charge on any atom is 0.0669 e. The summed E-state index contributed by atoms with van der Waals surface area (Å²) in [6.07, 6.45) is 0.438. The first kappa shape index (κ1) is 11.0. The molecule has 0 fully saturated rings. The van der Waals surface area contributed by atoms with Gasteiger partial charge in [-0.1, -0.05) is 24.3 Å². The Bertz CT molecular complexity index is 538. The summed E-state index contributed by atoms with van der Waals surface area (Å²) in [6, 6.07) is 17.5. The SMILES string of the molecule is N#CCc1ccc(Nc2ccccc2N)cc1. The molecule has 0 atom stereocenters. The van der Waals surface area contributed by atoms with E-state index in [9.17, 15) is 0 Å². The average molecular weight is 223 g/mol. The highest BCUT2D eigenvalue weighted by Crippen LogP contribution is 2.22. The minimum absolute atomic E-state index is 0.438. The van der Waals surface area contributed by atoms with Crippen LogP contribution in [0.2, 0.25) is 0 Å². The van der Waals surface area contributed by atoms with E-state index in [2.05, 4.69) is 11.4 Å². The zero-order valence-electron chi connectivity index (χ0n) is 9.35. The van der Waals surface area contributed by atoms with Crippen molar-refractivity contribution in [3.63, 3.8) is 0 Å². The van der Waals surface area contributed by atoms with E-state index in [0.717, 1.165) is 16.9 Å². The number of nitriles is 1. The van der Waals surface area contributed by atoms with Crippen LogP contribution in [0.3, 0.4) is 0 Å². The first-order valence-electron chi connectivity index (χ1n) is 5.37. The lowest BCUT2D eigenvalue weighted by Gasteiger charge is -2.09. The van der Waals surface area contributed by atoms with Crippen LogP contribution in [0.25, 0.3) is 0 Å². The van der Waals surface area contributed by atoms with E-state index in [1.165, 1.54) is 0 Å². The third-order valence-electron chi connectivity index (χ3n) is 2.48. The van der Waals surface area contributed by atoms with Gasteiger partial charge in [-0.25, -0.2) is 0 Å². The highest BCUT2D eigenvalue weighted by Gasteiger charge is 1.98. The van der Waals surface area contributed by atoms with Gasteiger partial charge in [0.15, 0.2) is 0 Å². The first-order chi connectivity index (χ1) is 8.29. The number of nitrogens with zero attached hydrogens (tertiary/aromatic N) is 1. The quantitative estimate of drug-likeness (QED) is 0.786. The molecule has 0 aliphatic heterocycles. The molecule has 3 heteroatoms. The topological polar surface area (TPSA) is 61.8 Å². The van der Waals surface area contributed by atoms with Gasteiger partial charge in [-0.05, 0) is 29.8 Å². The molecule has 0 aliphatic carbocycles. The van der Waals surface area contributed by atoms with E-state index < -0.39 is 0 Å². The number of para-hydroxylation sites is 2. The molecule has 0 aliphatic rings. The maximum absolute atomic E-state index is 8.58. The van der Waals surface area contributed by atoms with Crippen molar-refractivity contribution in [2.45, 2.75) is 6.42 Å². The Morgan fingerprint density at radius 1 is 1.06 bits per heavy atom. The molecule has 0 spiro atoms. The summed E-state index contributed by atoms with van der Waals surface area (Å²) < 4.78 is 0. The molecule has 2 aromatic carbocycles. The molecule has 3 N–H and O–H groups in total. The number of nitrogen functional groups attached to an aromatic ring is 1. The lowest BCUT2D eigenvalue weighted by Crippen LogP contribution is -1.95. The van der Waals surface area contributed by atoms with Crippen molar-refractivity contribution < 1.29 is 0 Å². The molecule has 2 rings (SSSR count). The van der Waals surface area contributed by atoms with Crippen molar-refractivity contribution in [1.29, 1.82) is 5.26 Å². The van der Waals surface area contributed by atoms with Crippen LogP contribution < -0.4 is 11.1 Å². The van der Waals surface area contributed by atoms with Gasteiger partial charge < -0.3 is 11.1 Å². The highest BCUT2D eigenvalue weighted by atomic mass is 14.9. The summed E-state index contributed by atoms with van der Waals surface area (Å²) in [6.45, 7) is 0. The number of hydrogen-bond donors (Lipinski definition) is 2. The van der Waals surface area contributed by atoms with Gasteiger partial charge in [-0.3, -0.25) is 0 Å². The van der Waals surface area contributed by atoms with Crippen LogP contribution in [0.4, 0.5) is 17.1 Å². The summed E-state index contributed by atoms with van der Waals surface area (Å²) in [5, 5.41) is 11.8. The van der Waals surface area contributed by atoms with Crippen LogP contribution >= 0.6 is 0 Å². The number of hydrogen-bond acceptors (Lipinski definition) is 3. The van der Waals surface area contributed by atoms with E-state index in [1.807, 2.05) is 48.5 Å². The second-order valence-corrected chi connectivity index (χ2v) is 3.74. The molecular weight excluding hydrogens is 210 g/mol. The van der Waals surface area contributed by atoms with Crippen molar-refractivity contribution in [2.75, 3.05) is 11.1 Å². The van der Waals surface area contributed by atoms with Crippen molar-refractivity contribution in [2.24, 2.45) is 0 Å². The van der Waals surface area contributed by atoms with Gasteiger partial charge in [-0.2, -0.15) is 5.26 Å². The summed E-state index contributed by atoms with van der Waals surface area (Å²) in [5.41, 5.74) is 9.42. The van der Waals surface area contributed by atoms with Crippen molar-refractivity contribution in [1.82, 2.24) is 0 Å². The first-order valence-corrected chi connectivity index (χ1v) is 5.37. The zero-order chi connectivity index (χ0) is 12.1. The summed E-state index contributed by atoms with van der Waals surface area (Å²) in [7, 11) is 0. The predicted octanol–water partition coefficient (Wildman–Crippen LogP) is 3.08.